The molecule has 15 nitrogen and oxygen atoms in total. The molecule has 2 saturated heterocycles. The molecule has 0 bridgehead atoms. The summed E-state index contributed by atoms with van der Waals surface area (Å²) in [6.07, 6.45) is -10.6. The van der Waals surface area contributed by atoms with E-state index in [1.807, 2.05) is 0 Å². The fourth-order valence-corrected chi connectivity index (χ4v) is 14.3. The highest BCUT2D eigenvalue weighted by atomic mass is 16.7. The molecular weight excluding hydrogens is 744 g/mol. The SMILES string of the molecule is CC(CCC(O)C(C)(C)OC1OC(CO)C(O)C(O)C1O)C1CCC2(C)C3C(O)CC4C(C)(C)C(OC5OC(CO)C(O)C(O)C5O)CC(O)C45CC35CCC12C. The number of aliphatic hydroxyl groups excluding tert-OH is 11. The van der Waals surface area contributed by atoms with E-state index in [-0.39, 0.29) is 40.4 Å². The van der Waals surface area contributed by atoms with Crippen LogP contribution in [-0.4, -0.2) is 161 Å². The third-order valence-corrected chi connectivity index (χ3v) is 17.9. The number of ether oxygens (including phenoxy) is 4. The predicted octanol–water partition coefficient (Wildman–Crippen LogP) is -0.0755. The molecule has 2 spiro atoms. The molecule has 0 radical (unpaired) electrons. The first-order chi connectivity index (χ1) is 26.5. The fourth-order valence-electron chi connectivity index (χ4n) is 14.3. The summed E-state index contributed by atoms with van der Waals surface area (Å²) in [5, 5.41) is 118. The first kappa shape index (κ1) is 44.5. The van der Waals surface area contributed by atoms with Crippen molar-refractivity contribution in [2.45, 2.75) is 198 Å². The van der Waals surface area contributed by atoms with E-state index in [2.05, 4.69) is 34.6 Å². The third kappa shape index (κ3) is 6.46. The highest BCUT2D eigenvalue weighted by Gasteiger charge is 2.86. The van der Waals surface area contributed by atoms with Gasteiger partial charge in [-0.3, -0.25) is 0 Å². The minimum atomic E-state index is -1.58. The Morgan fingerprint density at radius 1 is 0.719 bits per heavy atom. The zero-order chi connectivity index (χ0) is 42.0. The lowest BCUT2D eigenvalue weighted by molar-refractivity contribution is -0.332. The van der Waals surface area contributed by atoms with Crippen molar-refractivity contribution in [1.29, 1.82) is 0 Å². The molecule has 57 heavy (non-hydrogen) atoms. The molecule has 7 fully saturated rings. The van der Waals surface area contributed by atoms with Gasteiger partial charge in [-0.15, -0.1) is 0 Å². The molecule has 2 heterocycles. The van der Waals surface area contributed by atoms with Crippen LogP contribution in [0.3, 0.4) is 0 Å². The molecule has 7 aliphatic rings. The Labute approximate surface area is 336 Å². The second-order valence-electron chi connectivity index (χ2n) is 21.1. The minimum Gasteiger partial charge on any atom is -0.394 e. The third-order valence-electron chi connectivity index (χ3n) is 17.9. The summed E-state index contributed by atoms with van der Waals surface area (Å²) in [5.74, 6) is 0.450. The minimum absolute atomic E-state index is 0.0120. The van der Waals surface area contributed by atoms with Crippen LogP contribution in [0.15, 0.2) is 0 Å². The molecular formula is C42H72O15. The average molecular weight is 817 g/mol. The summed E-state index contributed by atoms with van der Waals surface area (Å²) < 4.78 is 23.6. The zero-order valence-electron chi connectivity index (χ0n) is 34.7. The molecule has 7 rings (SSSR count). The zero-order valence-corrected chi connectivity index (χ0v) is 34.7. The molecule has 0 amide bonds. The van der Waals surface area contributed by atoms with E-state index in [1.54, 1.807) is 13.8 Å². The van der Waals surface area contributed by atoms with E-state index in [1.165, 1.54) is 0 Å². The molecule has 330 valence electrons. The normalized spacial score (nSPS) is 54.2. The van der Waals surface area contributed by atoms with Gasteiger partial charge in [0, 0.05) is 11.8 Å². The molecule has 5 aliphatic carbocycles. The smallest absolute Gasteiger partial charge is 0.187 e. The summed E-state index contributed by atoms with van der Waals surface area (Å²) in [4.78, 5) is 0. The lowest BCUT2D eigenvalue weighted by Gasteiger charge is -2.65. The molecule has 0 aromatic rings. The van der Waals surface area contributed by atoms with E-state index < -0.39 is 115 Å². The van der Waals surface area contributed by atoms with Crippen molar-refractivity contribution >= 4 is 0 Å². The maximum atomic E-state index is 12.4. The van der Waals surface area contributed by atoms with Crippen molar-refractivity contribution in [3.8, 4) is 0 Å². The maximum Gasteiger partial charge on any atom is 0.187 e. The monoisotopic (exact) mass is 816 g/mol. The Morgan fingerprint density at radius 2 is 1.30 bits per heavy atom. The Balaban J connectivity index is 1.03. The lowest BCUT2D eigenvalue weighted by Crippen LogP contribution is -2.66. The van der Waals surface area contributed by atoms with Crippen LogP contribution in [0.1, 0.15) is 106 Å². The number of rotatable bonds is 11. The number of fused-ring (bicyclic) bond motifs is 2. The van der Waals surface area contributed by atoms with Gasteiger partial charge in [-0.1, -0.05) is 34.6 Å². The van der Waals surface area contributed by atoms with Crippen LogP contribution in [-0.2, 0) is 18.9 Å². The van der Waals surface area contributed by atoms with Crippen molar-refractivity contribution in [3.05, 3.63) is 0 Å². The molecule has 22 unspecified atom stereocenters. The highest BCUT2D eigenvalue weighted by molar-refractivity contribution is 5.34. The van der Waals surface area contributed by atoms with E-state index in [0.29, 0.717) is 25.2 Å². The van der Waals surface area contributed by atoms with Gasteiger partial charge < -0.3 is 75.1 Å². The van der Waals surface area contributed by atoms with Crippen LogP contribution in [0.2, 0.25) is 0 Å². The van der Waals surface area contributed by atoms with Crippen molar-refractivity contribution in [2.24, 2.45) is 50.7 Å². The summed E-state index contributed by atoms with van der Waals surface area (Å²) >= 11 is 0. The summed E-state index contributed by atoms with van der Waals surface area (Å²) in [6, 6.07) is 0. The lowest BCUT2D eigenvalue weighted by atomic mass is 9.40. The van der Waals surface area contributed by atoms with E-state index in [0.717, 1.165) is 32.1 Å². The number of aliphatic hydroxyl groups is 11. The Kier molecular flexibility index (Phi) is 11.7. The maximum absolute atomic E-state index is 12.4. The van der Waals surface area contributed by atoms with E-state index in [4.69, 9.17) is 18.9 Å². The van der Waals surface area contributed by atoms with Gasteiger partial charge in [-0.2, -0.15) is 0 Å². The van der Waals surface area contributed by atoms with Crippen LogP contribution in [0.25, 0.3) is 0 Å². The molecule has 2 aliphatic heterocycles. The molecule has 22 atom stereocenters. The number of hydrogen-bond acceptors (Lipinski definition) is 15. The van der Waals surface area contributed by atoms with Crippen LogP contribution in [0.4, 0.5) is 0 Å². The highest BCUT2D eigenvalue weighted by Crippen LogP contribution is 2.89. The van der Waals surface area contributed by atoms with Crippen molar-refractivity contribution in [3.63, 3.8) is 0 Å². The summed E-state index contributed by atoms with van der Waals surface area (Å²) in [6.45, 7) is 13.4. The fraction of sp³-hybridized carbons (Fsp3) is 1.00. The largest absolute Gasteiger partial charge is 0.394 e. The van der Waals surface area contributed by atoms with Gasteiger partial charge in [-0.05, 0) is 111 Å². The van der Waals surface area contributed by atoms with E-state index >= 15 is 0 Å². The Morgan fingerprint density at radius 3 is 1.89 bits per heavy atom. The summed E-state index contributed by atoms with van der Waals surface area (Å²) in [7, 11) is 0. The molecule has 0 aromatic heterocycles. The molecule has 15 heteroatoms. The Bertz CT molecular complexity index is 1450. The first-order valence-electron chi connectivity index (χ1n) is 21.5. The van der Waals surface area contributed by atoms with Crippen molar-refractivity contribution < 1.29 is 75.1 Å². The van der Waals surface area contributed by atoms with E-state index in [9.17, 15) is 56.2 Å². The second-order valence-corrected chi connectivity index (χ2v) is 21.1. The Hall–Kier alpha value is -0.600. The first-order valence-corrected chi connectivity index (χ1v) is 21.5. The summed E-state index contributed by atoms with van der Waals surface area (Å²) in [5.41, 5.74) is -2.68. The second kappa shape index (κ2) is 15.0. The molecule has 0 aromatic carbocycles. The van der Waals surface area contributed by atoms with Gasteiger partial charge in [0.25, 0.3) is 0 Å². The van der Waals surface area contributed by atoms with Crippen molar-refractivity contribution in [2.75, 3.05) is 13.2 Å². The number of hydrogen-bond donors (Lipinski definition) is 11. The van der Waals surface area contributed by atoms with Crippen LogP contribution < -0.4 is 0 Å². The standard InChI is InChI=1S/C42H72O15/c1-19(8-9-25(46)38(4,5)57-36-33(53)31(51)29(49)23(17-44)55-36)20-10-11-40(7)34-21(45)14-24-37(2,3)27(56-35-32(52)30(50)28(48)22(16-43)54-35)15-26(47)42(24)18-41(34,42)13-12-39(20,40)6/h19-36,43-53H,8-18H2,1-7H3. The molecule has 5 saturated carbocycles. The van der Waals surface area contributed by atoms with Crippen LogP contribution in [0.5, 0.6) is 0 Å². The van der Waals surface area contributed by atoms with Gasteiger partial charge in [0.2, 0.25) is 0 Å². The molecule has 11 N–H and O–H groups in total. The van der Waals surface area contributed by atoms with Crippen molar-refractivity contribution in [1.82, 2.24) is 0 Å². The van der Waals surface area contributed by atoms with Gasteiger partial charge in [0.05, 0.1) is 43.2 Å². The van der Waals surface area contributed by atoms with Gasteiger partial charge in [0.1, 0.15) is 48.8 Å². The van der Waals surface area contributed by atoms with Crippen LogP contribution in [0, 0.1) is 50.7 Å². The quantitative estimate of drug-likeness (QED) is 0.122. The predicted molar refractivity (Wildman–Crippen MR) is 202 cm³/mol. The average Bonchev–Trinajstić information content (AvgIpc) is 3.75. The van der Waals surface area contributed by atoms with Gasteiger partial charge in [0.15, 0.2) is 12.6 Å². The topological polar surface area (TPSA) is 259 Å². The van der Waals surface area contributed by atoms with Gasteiger partial charge in [-0.25, -0.2) is 0 Å². The van der Waals surface area contributed by atoms with Gasteiger partial charge >= 0.3 is 0 Å². The van der Waals surface area contributed by atoms with Crippen LogP contribution >= 0.6 is 0 Å².